The molecule has 1 heteroatoms. The van der Waals surface area contributed by atoms with Crippen molar-refractivity contribution < 1.29 is 4.79 Å². The lowest BCUT2D eigenvalue weighted by atomic mass is 9.44. The van der Waals surface area contributed by atoms with E-state index in [1.807, 2.05) is 6.08 Å². The van der Waals surface area contributed by atoms with Gasteiger partial charge in [0.2, 0.25) is 0 Å². The van der Waals surface area contributed by atoms with E-state index in [1.165, 1.54) is 24.8 Å². The first kappa shape index (κ1) is 19.5. The van der Waals surface area contributed by atoms with Gasteiger partial charge in [0.25, 0.3) is 0 Å². The van der Waals surface area contributed by atoms with E-state index < -0.39 is 0 Å². The maximum atomic E-state index is 13.3. The molecule has 24 heavy (non-hydrogen) atoms. The molecule has 136 valence electrons. The van der Waals surface area contributed by atoms with Gasteiger partial charge in [-0.1, -0.05) is 51.8 Å². The van der Waals surface area contributed by atoms with Crippen molar-refractivity contribution >= 4 is 5.78 Å². The maximum Gasteiger partial charge on any atom is 0.137 e. The average Bonchev–Trinajstić information content (AvgIpc) is 2.45. The average molecular weight is 331 g/mol. The molecule has 0 heterocycles. The van der Waals surface area contributed by atoms with Gasteiger partial charge in [-0.05, 0) is 62.7 Å². The van der Waals surface area contributed by atoms with Crippen molar-refractivity contribution in [3.05, 3.63) is 23.8 Å². The number of hydrogen-bond donors (Lipinski definition) is 0. The number of fused-ring (bicyclic) bond motifs is 1. The second kappa shape index (κ2) is 6.81. The van der Waals surface area contributed by atoms with Gasteiger partial charge < -0.3 is 0 Å². The van der Waals surface area contributed by atoms with Gasteiger partial charge in [-0.2, -0.15) is 0 Å². The minimum atomic E-state index is 0.0379. The zero-order chi connectivity index (χ0) is 18.3. The van der Waals surface area contributed by atoms with Crippen LogP contribution in [-0.4, -0.2) is 5.78 Å². The lowest BCUT2D eigenvalue weighted by molar-refractivity contribution is -0.138. The van der Waals surface area contributed by atoms with Crippen LogP contribution >= 0.6 is 0 Å². The molecule has 2 aliphatic carbocycles. The van der Waals surface area contributed by atoms with Crippen molar-refractivity contribution in [2.45, 2.75) is 80.6 Å². The standard InChI is InChI=1S/C23H38O/c1-9-16(4)14-19(24)21-17(5)10-11-20-22(6,7)13-12-18(15(2)3)23(20,21)8/h9,16-17,20-21H,1,10-14H2,2-8H3/t16-,17+,20+,21-,23+/m1/s1. The summed E-state index contributed by atoms with van der Waals surface area (Å²) in [7, 11) is 0. The van der Waals surface area contributed by atoms with Gasteiger partial charge in [-0.3, -0.25) is 4.79 Å². The SMILES string of the molecule is C=C[C@@H](C)CC(=O)[C@H]1[C@@H](C)CC[C@H]2C(C)(C)CCC(=C(C)C)[C@]12C. The third-order valence-electron chi connectivity index (χ3n) is 7.34. The molecule has 2 aliphatic rings. The van der Waals surface area contributed by atoms with Gasteiger partial charge in [0, 0.05) is 17.8 Å². The summed E-state index contributed by atoms with van der Waals surface area (Å²) in [6.07, 6.45) is 7.46. The fraction of sp³-hybridized carbons (Fsp3) is 0.783. The number of ketones is 1. The largest absolute Gasteiger partial charge is 0.299 e. The van der Waals surface area contributed by atoms with E-state index in [0.29, 0.717) is 29.5 Å². The van der Waals surface area contributed by atoms with Gasteiger partial charge in [0.05, 0.1) is 0 Å². The monoisotopic (exact) mass is 330 g/mol. The molecular weight excluding hydrogens is 292 g/mol. The van der Waals surface area contributed by atoms with Crippen LogP contribution in [0, 0.1) is 34.5 Å². The van der Waals surface area contributed by atoms with Crippen molar-refractivity contribution in [3.8, 4) is 0 Å². The Hall–Kier alpha value is -0.850. The predicted octanol–water partition coefficient (Wildman–Crippen LogP) is 6.59. The Morgan fingerprint density at radius 3 is 2.46 bits per heavy atom. The molecule has 1 nitrogen and oxygen atoms in total. The number of carbonyl (C=O) groups excluding carboxylic acids is 1. The summed E-state index contributed by atoms with van der Waals surface area (Å²) in [5, 5.41) is 0. The normalized spacial score (nSPS) is 36.6. The van der Waals surface area contributed by atoms with Gasteiger partial charge in [0.15, 0.2) is 0 Å². The first-order chi connectivity index (χ1) is 11.1. The summed E-state index contributed by atoms with van der Waals surface area (Å²) < 4.78 is 0. The molecule has 0 unspecified atom stereocenters. The fourth-order valence-corrected chi connectivity index (χ4v) is 6.16. The molecule has 0 spiro atoms. The molecule has 2 rings (SSSR count). The molecule has 0 aliphatic heterocycles. The van der Waals surface area contributed by atoms with Crippen molar-refractivity contribution in [3.63, 3.8) is 0 Å². The Bertz CT molecular complexity index is 534. The minimum Gasteiger partial charge on any atom is -0.299 e. The highest BCUT2D eigenvalue weighted by Gasteiger charge is 2.57. The highest BCUT2D eigenvalue weighted by molar-refractivity contribution is 5.83. The van der Waals surface area contributed by atoms with Crippen LogP contribution in [0.25, 0.3) is 0 Å². The van der Waals surface area contributed by atoms with Crippen LogP contribution in [0.1, 0.15) is 80.6 Å². The smallest absolute Gasteiger partial charge is 0.137 e. The number of allylic oxidation sites excluding steroid dienone is 3. The molecule has 2 fully saturated rings. The van der Waals surface area contributed by atoms with E-state index in [1.54, 1.807) is 5.57 Å². The van der Waals surface area contributed by atoms with E-state index in [9.17, 15) is 4.79 Å². The van der Waals surface area contributed by atoms with Gasteiger partial charge in [-0.25, -0.2) is 0 Å². The van der Waals surface area contributed by atoms with E-state index in [2.05, 4.69) is 55.0 Å². The molecule has 5 atom stereocenters. The Kier molecular flexibility index (Phi) is 5.52. The third-order valence-corrected chi connectivity index (χ3v) is 7.34. The number of carbonyl (C=O) groups is 1. The Balaban J connectivity index is 2.52. The first-order valence-electron chi connectivity index (χ1n) is 9.87. The summed E-state index contributed by atoms with van der Waals surface area (Å²) in [6.45, 7) is 20.1. The summed E-state index contributed by atoms with van der Waals surface area (Å²) in [5.41, 5.74) is 3.40. The first-order valence-corrected chi connectivity index (χ1v) is 9.87. The van der Waals surface area contributed by atoms with Gasteiger partial charge >= 0.3 is 0 Å². The second-order valence-corrected chi connectivity index (χ2v) is 9.72. The zero-order valence-corrected chi connectivity index (χ0v) is 17.0. The van der Waals surface area contributed by atoms with Crippen LogP contribution in [0.4, 0.5) is 0 Å². The van der Waals surface area contributed by atoms with Crippen molar-refractivity contribution in [2.75, 3.05) is 0 Å². The Morgan fingerprint density at radius 1 is 1.29 bits per heavy atom. The van der Waals surface area contributed by atoms with Gasteiger partial charge in [0.1, 0.15) is 5.78 Å². The molecule has 0 aromatic heterocycles. The molecule has 0 bridgehead atoms. The summed E-state index contributed by atoms with van der Waals surface area (Å²) >= 11 is 0. The topological polar surface area (TPSA) is 17.1 Å². The molecular formula is C23H38O. The molecule has 0 aromatic rings. The van der Waals surface area contributed by atoms with E-state index in [4.69, 9.17) is 0 Å². The molecule has 0 radical (unpaired) electrons. The number of Topliss-reactive ketones (excluding diaryl/α,β-unsaturated/α-hetero) is 1. The molecule has 2 saturated carbocycles. The quantitative estimate of drug-likeness (QED) is 0.531. The van der Waals surface area contributed by atoms with Crippen LogP contribution in [0.3, 0.4) is 0 Å². The van der Waals surface area contributed by atoms with Crippen molar-refractivity contribution in [2.24, 2.45) is 34.5 Å². The van der Waals surface area contributed by atoms with Crippen LogP contribution in [0.5, 0.6) is 0 Å². The molecule has 0 N–H and O–H groups in total. The Morgan fingerprint density at radius 2 is 1.92 bits per heavy atom. The summed E-state index contributed by atoms with van der Waals surface area (Å²) in [5.74, 6) is 2.02. The minimum absolute atomic E-state index is 0.0379. The van der Waals surface area contributed by atoms with Crippen LogP contribution in [0.15, 0.2) is 23.8 Å². The van der Waals surface area contributed by atoms with E-state index in [0.717, 1.165) is 6.42 Å². The highest BCUT2D eigenvalue weighted by atomic mass is 16.1. The molecule has 0 aromatic carbocycles. The molecule has 0 amide bonds. The van der Waals surface area contributed by atoms with E-state index in [-0.39, 0.29) is 17.3 Å². The number of rotatable bonds is 4. The van der Waals surface area contributed by atoms with E-state index >= 15 is 0 Å². The number of hydrogen-bond acceptors (Lipinski definition) is 1. The van der Waals surface area contributed by atoms with Crippen LogP contribution < -0.4 is 0 Å². The Labute approximate surface area is 150 Å². The summed E-state index contributed by atoms with van der Waals surface area (Å²) in [6, 6.07) is 0. The summed E-state index contributed by atoms with van der Waals surface area (Å²) in [4.78, 5) is 13.3. The highest BCUT2D eigenvalue weighted by Crippen LogP contribution is 2.64. The van der Waals surface area contributed by atoms with Crippen molar-refractivity contribution in [1.82, 2.24) is 0 Å². The predicted molar refractivity (Wildman–Crippen MR) is 104 cm³/mol. The van der Waals surface area contributed by atoms with Crippen LogP contribution in [0.2, 0.25) is 0 Å². The lowest BCUT2D eigenvalue weighted by Gasteiger charge is -2.60. The third kappa shape index (κ3) is 3.16. The lowest BCUT2D eigenvalue weighted by Crippen LogP contribution is -2.55. The maximum absolute atomic E-state index is 13.3. The van der Waals surface area contributed by atoms with Gasteiger partial charge in [-0.15, -0.1) is 6.58 Å². The van der Waals surface area contributed by atoms with Crippen molar-refractivity contribution in [1.29, 1.82) is 0 Å². The molecule has 0 saturated heterocycles. The fourth-order valence-electron chi connectivity index (χ4n) is 6.16. The van der Waals surface area contributed by atoms with Crippen LogP contribution in [-0.2, 0) is 4.79 Å². The zero-order valence-electron chi connectivity index (χ0n) is 17.0. The second-order valence-electron chi connectivity index (χ2n) is 9.72.